The number of nitrogens with two attached hydrogens (primary N) is 1. The number of hydrazone groups is 1. The molecular weight excluding hydrogens is 236 g/mol. The fraction of sp³-hybridized carbons (Fsp3) is 0.273. The van der Waals surface area contributed by atoms with Gasteiger partial charge in [-0.1, -0.05) is 12.1 Å². The van der Waals surface area contributed by atoms with Gasteiger partial charge in [0.05, 0.1) is 11.3 Å². The first-order valence-corrected chi connectivity index (χ1v) is 5.46. The third-order valence-corrected chi connectivity index (χ3v) is 2.57. The number of nitrogens with zero attached hydrogens (tertiary/aromatic N) is 3. The summed E-state index contributed by atoms with van der Waals surface area (Å²) in [4.78, 5) is 22.1. The van der Waals surface area contributed by atoms with Crippen LogP contribution in [0, 0.1) is 10.1 Å². The van der Waals surface area contributed by atoms with Gasteiger partial charge in [0.2, 0.25) is 0 Å². The number of nitro benzene ring substituents is 1. The lowest BCUT2D eigenvalue weighted by atomic mass is 10.2. The van der Waals surface area contributed by atoms with Crippen LogP contribution in [-0.4, -0.2) is 23.1 Å². The number of hydrogen-bond donors (Lipinski definition) is 1. The Balaban J connectivity index is 2.37. The molecule has 18 heavy (non-hydrogen) atoms. The maximum Gasteiger partial charge on any atom is 0.295 e. The highest BCUT2D eigenvalue weighted by Crippen LogP contribution is 2.30. The second-order valence-electron chi connectivity index (χ2n) is 3.83. The van der Waals surface area contributed by atoms with Gasteiger partial charge in [0, 0.05) is 18.2 Å². The highest BCUT2D eigenvalue weighted by molar-refractivity contribution is 6.13. The summed E-state index contributed by atoms with van der Waals surface area (Å²) >= 11 is 0. The van der Waals surface area contributed by atoms with E-state index >= 15 is 0 Å². The van der Waals surface area contributed by atoms with E-state index in [1.165, 1.54) is 12.1 Å². The zero-order valence-corrected chi connectivity index (χ0v) is 9.57. The molecule has 0 aromatic heterocycles. The predicted octanol–water partition coefficient (Wildman–Crippen LogP) is 1.04. The molecule has 1 aliphatic heterocycles. The summed E-state index contributed by atoms with van der Waals surface area (Å²) < 4.78 is 0. The highest BCUT2D eigenvalue weighted by atomic mass is 16.6. The minimum Gasteiger partial charge on any atom is -0.330 e. The van der Waals surface area contributed by atoms with Crippen molar-refractivity contribution < 1.29 is 9.72 Å². The monoisotopic (exact) mass is 248 g/mol. The third-order valence-electron chi connectivity index (χ3n) is 2.57. The molecule has 0 radical (unpaired) electrons. The molecule has 0 saturated carbocycles. The number of rotatable bonds is 4. The van der Waals surface area contributed by atoms with E-state index in [0.717, 1.165) is 5.01 Å². The van der Waals surface area contributed by atoms with Crippen LogP contribution < -0.4 is 10.7 Å². The van der Waals surface area contributed by atoms with Gasteiger partial charge in [-0.25, -0.2) is 0 Å². The van der Waals surface area contributed by atoms with Gasteiger partial charge in [0.15, 0.2) is 0 Å². The van der Waals surface area contributed by atoms with Crippen LogP contribution in [-0.2, 0) is 4.79 Å². The van der Waals surface area contributed by atoms with Gasteiger partial charge in [0.1, 0.15) is 5.69 Å². The lowest BCUT2D eigenvalue weighted by Crippen LogP contribution is -2.20. The van der Waals surface area contributed by atoms with Crippen LogP contribution in [0.2, 0.25) is 0 Å². The minimum absolute atomic E-state index is 0.136. The van der Waals surface area contributed by atoms with Crippen molar-refractivity contribution in [3.05, 3.63) is 34.4 Å². The average Bonchev–Trinajstić information content (AvgIpc) is 2.70. The Morgan fingerprint density at radius 1 is 1.44 bits per heavy atom. The molecule has 1 amide bonds. The van der Waals surface area contributed by atoms with E-state index in [0.29, 0.717) is 18.7 Å². The van der Waals surface area contributed by atoms with E-state index in [-0.39, 0.29) is 23.7 Å². The van der Waals surface area contributed by atoms with E-state index in [4.69, 9.17) is 5.73 Å². The Bertz CT molecular complexity index is 527. The fourth-order valence-corrected chi connectivity index (χ4v) is 1.77. The summed E-state index contributed by atoms with van der Waals surface area (Å²) in [7, 11) is 0. The molecule has 1 aliphatic rings. The second-order valence-corrected chi connectivity index (χ2v) is 3.83. The first kappa shape index (κ1) is 12.2. The molecule has 0 aliphatic carbocycles. The van der Waals surface area contributed by atoms with Gasteiger partial charge >= 0.3 is 0 Å². The minimum atomic E-state index is -0.529. The van der Waals surface area contributed by atoms with E-state index < -0.39 is 4.92 Å². The van der Waals surface area contributed by atoms with Gasteiger partial charge in [-0.15, -0.1) is 0 Å². The van der Waals surface area contributed by atoms with Crippen LogP contribution in [0.15, 0.2) is 29.4 Å². The molecule has 1 heterocycles. The van der Waals surface area contributed by atoms with Crippen molar-refractivity contribution >= 4 is 23.0 Å². The van der Waals surface area contributed by atoms with Gasteiger partial charge in [-0.05, 0) is 12.6 Å². The molecule has 94 valence electrons. The number of hydrogen-bond acceptors (Lipinski definition) is 5. The fourth-order valence-electron chi connectivity index (χ4n) is 1.77. The molecule has 1 aromatic carbocycles. The van der Waals surface area contributed by atoms with Crippen molar-refractivity contribution in [3.63, 3.8) is 0 Å². The zero-order chi connectivity index (χ0) is 13.1. The van der Waals surface area contributed by atoms with Gasteiger partial charge in [-0.3, -0.25) is 14.9 Å². The molecule has 0 atom stereocenters. The Labute approximate surface area is 103 Å². The average molecular weight is 248 g/mol. The van der Waals surface area contributed by atoms with Crippen molar-refractivity contribution in [2.75, 3.05) is 11.6 Å². The number of amides is 1. The molecule has 7 heteroatoms. The van der Waals surface area contributed by atoms with E-state index in [1.807, 2.05) is 0 Å². The predicted molar refractivity (Wildman–Crippen MR) is 66.3 cm³/mol. The third kappa shape index (κ3) is 2.21. The number of anilines is 1. The molecule has 0 unspecified atom stereocenters. The SMILES string of the molecule is NCCC1=NN(c2ccccc2[N+](=O)[O-])C(=O)C1. The lowest BCUT2D eigenvalue weighted by molar-refractivity contribution is -0.384. The lowest BCUT2D eigenvalue weighted by Gasteiger charge is -2.11. The molecule has 0 bridgehead atoms. The number of nitro groups is 1. The van der Waals surface area contributed by atoms with Crippen molar-refractivity contribution in [1.29, 1.82) is 0 Å². The van der Waals surface area contributed by atoms with Crippen molar-refractivity contribution in [1.82, 2.24) is 0 Å². The zero-order valence-electron chi connectivity index (χ0n) is 9.57. The van der Waals surface area contributed by atoms with Crippen LogP contribution in [0.4, 0.5) is 11.4 Å². The molecule has 0 fully saturated rings. The molecule has 2 N–H and O–H groups in total. The number of para-hydroxylation sites is 2. The topological polar surface area (TPSA) is 102 Å². The van der Waals surface area contributed by atoms with Crippen LogP contribution in [0.3, 0.4) is 0 Å². The number of carbonyl (C=O) groups is 1. The van der Waals surface area contributed by atoms with Crippen molar-refractivity contribution in [2.24, 2.45) is 10.8 Å². The van der Waals surface area contributed by atoms with E-state index in [1.54, 1.807) is 12.1 Å². The van der Waals surface area contributed by atoms with E-state index in [2.05, 4.69) is 5.10 Å². The van der Waals surface area contributed by atoms with Crippen LogP contribution in [0.25, 0.3) is 0 Å². The molecule has 7 nitrogen and oxygen atoms in total. The maximum atomic E-state index is 11.8. The first-order chi connectivity index (χ1) is 8.63. The van der Waals surface area contributed by atoms with Crippen LogP contribution in [0.5, 0.6) is 0 Å². The smallest absolute Gasteiger partial charge is 0.295 e. The highest BCUT2D eigenvalue weighted by Gasteiger charge is 2.29. The Kier molecular flexibility index (Phi) is 3.33. The summed E-state index contributed by atoms with van der Waals surface area (Å²) in [6.45, 7) is 0.400. The Morgan fingerprint density at radius 2 is 2.17 bits per heavy atom. The van der Waals surface area contributed by atoms with Gasteiger partial charge in [0.25, 0.3) is 11.6 Å². The summed E-state index contributed by atoms with van der Waals surface area (Å²) in [5.41, 5.74) is 6.11. The van der Waals surface area contributed by atoms with Crippen LogP contribution >= 0.6 is 0 Å². The van der Waals surface area contributed by atoms with Crippen LogP contribution in [0.1, 0.15) is 12.8 Å². The summed E-state index contributed by atoms with van der Waals surface area (Å²) in [6.07, 6.45) is 0.687. The Morgan fingerprint density at radius 3 is 2.83 bits per heavy atom. The summed E-state index contributed by atoms with van der Waals surface area (Å²) in [5.74, 6) is -0.271. The molecule has 0 spiro atoms. The number of carbonyl (C=O) groups excluding carboxylic acids is 1. The standard InChI is InChI=1S/C11H12N4O3/c12-6-5-8-7-11(16)14(13-8)9-3-1-2-4-10(9)15(17)18/h1-4H,5-7,12H2. The normalized spacial score (nSPS) is 14.8. The number of benzene rings is 1. The van der Waals surface area contributed by atoms with Gasteiger partial charge < -0.3 is 5.73 Å². The first-order valence-electron chi connectivity index (χ1n) is 5.46. The molecule has 0 saturated heterocycles. The Hall–Kier alpha value is -2.28. The maximum absolute atomic E-state index is 11.8. The van der Waals surface area contributed by atoms with Gasteiger partial charge in [-0.2, -0.15) is 10.1 Å². The summed E-state index contributed by atoms with van der Waals surface area (Å²) in [5, 5.41) is 16.1. The van der Waals surface area contributed by atoms with E-state index in [9.17, 15) is 14.9 Å². The van der Waals surface area contributed by atoms with Crippen molar-refractivity contribution in [2.45, 2.75) is 12.8 Å². The quantitative estimate of drug-likeness (QED) is 0.635. The molecule has 2 rings (SSSR count). The summed E-state index contributed by atoms with van der Waals surface area (Å²) in [6, 6.07) is 6.03. The molecule has 1 aromatic rings. The largest absolute Gasteiger partial charge is 0.330 e. The second kappa shape index (κ2) is 4.92. The molecular formula is C11H12N4O3. The van der Waals surface area contributed by atoms with Crippen molar-refractivity contribution in [3.8, 4) is 0 Å².